The maximum absolute atomic E-state index is 10.2. The minimum absolute atomic E-state index is 0.259. The van der Waals surface area contributed by atoms with Gasteiger partial charge in [0.15, 0.2) is 0 Å². The molecule has 1 heterocycles. The summed E-state index contributed by atoms with van der Waals surface area (Å²) in [5.74, 6) is 0.259. The minimum atomic E-state index is -0.459. The van der Waals surface area contributed by atoms with Crippen LogP contribution in [0, 0.1) is 17.2 Å². The maximum atomic E-state index is 10.2. The molecule has 2 aromatic rings. The quantitative estimate of drug-likeness (QED) is 0.835. The van der Waals surface area contributed by atoms with Gasteiger partial charge in [-0.25, -0.2) is 0 Å². The number of morpholine rings is 1. The second-order valence-corrected chi connectivity index (χ2v) is 6.97. The Bertz CT molecular complexity index is 723. The average molecular weight is 322 g/mol. The number of benzene rings is 2. The molecule has 0 saturated carbocycles. The highest BCUT2D eigenvalue weighted by Gasteiger charge is 2.37. The molecule has 1 saturated heterocycles. The molecule has 0 radical (unpaired) electrons. The molecule has 0 aliphatic carbocycles. The molecule has 0 N–H and O–H groups in total. The van der Waals surface area contributed by atoms with Crippen molar-refractivity contribution in [2.24, 2.45) is 5.92 Å². The van der Waals surface area contributed by atoms with Crippen molar-refractivity contribution in [2.45, 2.75) is 25.7 Å². The van der Waals surface area contributed by atoms with E-state index < -0.39 is 5.41 Å². The van der Waals surface area contributed by atoms with Crippen LogP contribution in [-0.4, -0.2) is 37.7 Å². The average Bonchev–Trinajstić information content (AvgIpc) is 2.63. The molecule has 3 rings (SSSR count). The lowest BCUT2D eigenvalue weighted by atomic mass is 9.69. The predicted octanol–water partition coefficient (Wildman–Crippen LogP) is 3.98. The van der Waals surface area contributed by atoms with Crippen LogP contribution in [0.15, 0.2) is 42.5 Å². The second-order valence-electron chi connectivity index (χ2n) is 6.97. The van der Waals surface area contributed by atoms with E-state index in [9.17, 15) is 5.26 Å². The number of hydrogen-bond donors (Lipinski definition) is 0. The van der Waals surface area contributed by atoms with E-state index >= 15 is 0 Å². The first-order valence-corrected chi connectivity index (χ1v) is 8.87. The highest BCUT2D eigenvalue weighted by atomic mass is 16.5. The van der Waals surface area contributed by atoms with E-state index in [-0.39, 0.29) is 5.92 Å². The first-order chi connectivity index (χ1) is 11.7. The van der Waals surface area contributed by atoms with Crippen LogP contribution in [-0.2, 0) is 10.2 Å². The summed E-state index contributed by atoms with van der Waals surface area (Å²) < 4.78 is 5.44. The van der Waals surface area contributed by atoms with Gasteiger partial charge in [0, 0.05) is 19.6 Å². The third-order valence-electron chi connectivity index (χ3n) is 5.38. The summed E-state index contributed by atoms with van der Waals surface area (Å²) in [6.07, 6.45) is 0.856. The maximum Gasteiger partial charge on any atom is 0.0863 e. The lowest BCUT2D eigenvalue weighted by Crippen LogP contribution is -2.41. The molecule has 2 aromatic carbocycles. The summed E-state index contributed by atoms with van der Waals surface area (Å²) in [5, 5.41) is 12.6. The highest BCUT2D eigenvalue weighted by Crippen LogP contribution is 2.39. The molecule has 3 nitrogen and oxygen atoms in total. The molecule has 0 amide bonds. The van der Waals surface area contributed by atoms with E-state index in [0.717, 1.165) is 39.3 Å². The fourth-order valence-corrected chi connectivity index (χ4v) is 3.75. The van der Waals surface area contributed by atoms with Gasteiger partial charge in [-0.05, 0) is 28.7 Å². The Morgan fingerprint density at radius 1 is 1.12 bits per heavy atom. The van der Waals surface area contributed by atoms with Crippen molar-refractivity contribution in [3.63, 3.8) is 0 Å². The van der Waals surface area contributed by atoms with Crippen molar-refractivity contribution in [2.75, 3.05) is 32.8 Å². The largest absolute Gasteiger partial charge is 0.379 e. The van der Waals surface area contributed by atoms with Crippen molar-refractivity contribution in [3.8, 4) is 6.07 Å². The SMILES string of the molecule is CC(C)C(C#N)(CCN1CCOCC1)c1cccc2ccccc12. The van der Waals surface area contributed by atoms with Gasteiger partial charge in [-0.15, -0.1) is 0 Å². The summed E-state index contributed by atoms with van der Waals surface area (Å²) in [6, 6.07) is 17.5. The van der Waals surface area contributed by atoms with Crippen LogP contribution in [0.25, 0.3) is 10.8 Å². The lowest BCUT2D eigenvalue weighted by molar-refractivity contribution is 0.0345. The van der Waals surface area contributed by atoms with Gasteiger partial charge in [-0.2, -0.15) is 5.26 Å². The zero-order valence-corrected chi connectivity index (χ0v) is 14.7. The Balaban J connectivity index is 1.97. The van der Waals surface area contributed by atoms with Crippen LogP contribution in [0.3, 0.4) is 0 Å². The first-order valence-electron chi connectivity index (χ1n) is 8.87. The van der Waals surface area contributed by atoms with Crippen molar-refractivity contribution >= 4 is 10.8 Å². The molecular weight excluding hydrogens is 296 g/mol. The predicted molar refractivity (Wildman–Crippen MR) is 98.0 cm³/mol. The van der Waals surface area contributed by atoms with Gasteiger partial charge in [0.05, 0.1) is 24.7 Å². The number of nitrogens with zero attached hydrogens (tertiary/aromatic N) is 2. The van der Waals surface area contributed by atoms with Crippen molar-refractivity contribution in [3.05, 3.63) is 48.0 Å². The normalized spacial score (nSPS) is 18.4. The van der Waals surface area contributed by atoms with E-state index in [4.69, 9.17) is 4.74 Å². The third kappa shape index (κ3) is 3.17. The number of fused-ring (bicyclic) bond motifs is 1. The molecule has 1 aliphatic heterocycles. The summed E-state index contributed by atoms with van der Waals surface area (Å²) in [5.41, 5.74) is 0.713. The van der Waals surface area contributed by atoms with Crippen LogP contribution < -0.4 is 0 Å². The number of ether oxygens (including phenoxy) is 1. The minimum Gasteiger partial charge on any atom is -0.379 e. The highest BCUT2D eigenvalue weighted by molar-refractivity contribution is 5.87. The van der Waals surface area contributed by atoms with Gasteiger partial charge in [0.2, 0.25) is 0 Å². The number of nitriles is 1. The van der Waals surface area contributed by atoms with Crippen LogP contribution in [0.4, 0.5) is 0 Å². The Hall–Kier alpha value is -1.89. The second kappa shape index (κ2) is 7.34. The smallest absolute Gasteiger partial charge is 0.0863 e. The fraction of sp³-hybridized carbons (Fsp3) is 0.476. The van der Waals surface area contributed by atoms with E-state index in [0.29, 0.717) is 0 Å². The van der Waals surface area contributed by atoms with Gasteiger partial charge in [0.25, 0.3) is 0 Å². The molecule has 1 unspecified atom stereocenters. The van der Waals surface area contributed by atoms with E-state index in [1.807, 2.05) is 0 Å². The summed E-state index contributed by atoms with van der Waals surface area (Å²) in [4.78, 5) is 2.42. The molecule has 1 fully saturated rings. The summed E-state index contributed by atoms with van der Waals surface area (Å²) in [7, 11) is 0. The molecule has 126 valence electrons. The van der Waals surface area contributed by atoms with Crippen molar-refractivity contribution in [1.82, 2.24) is 4.90 Å². The Kier molecular flexibility index (Phi) is 5.18. The van der Waals surface area contributed by atoms with Crippen LogP contribution in [0.2, 0.25) is 0 Å². The van der Waals surface area contributed by atoms with Gasteiger partial charge >= 0.3 is 0 Å². The van der Waals surface area contributed by atoms with Gasteiger partial charge in [-0.1, -0.05) is 56.3 Å². The molecule has 3 heteroatoms. The first kappa shape index (κ1) is 17.0. The van der Waals surface area contributed by atoms with Crippen LogP contribution in [0.5, 0.6) is 0 Å². The van der Waals surface area contributed by atoms with Gasteiger partial charge < -0.3 is 4.74 Å². The molecular formula is C21H26N2O. The van der Waals surface area contributed by atoms with Crippen molar-refractivity contribution in [1.29, 1.82) is 5.26 Å². The Morgan fingerprint density at radius 2 is 1.83 bits per heavy atom. The van der Waals surface area contributed by atoms with Gasteiger partial charge in [0.1, 0.15) is 0 Å². The molecule has 0 spiro atoms. The molecule has 0 bridgehead atoms. The Labute approximate surface area is 144 Å². The topological polar surface area (TPSA) is 36.3 Å². The lowest BCUT2D eigenvalue weighted by Gasteiger charge is -2.35. The number of hydrogen-bond acceptors (Lipinski definition) is 3. The zero-order valence-electron chi connectivity index (χ0n) is 14.7. The molecule has 1 atom stereocenters. The van der Waals surface area contributed by atoms with E-state index in [2.05, 4.69) is 67.3 Å². The molecule has 0 aromatic heterocycles. The van der Waals surface area contributed by atoms with Crippen LogP contribution >= 0.6 is 0 Å². The third-order valence-corrected chi connectivity index (χ3v) is 5.38. The molecule has 1 aliphatic rings. The van der Waals surface area contributed by atoms with Crippen molar-refractivity contribution < 1.29 is 4.74 Å². The number of rotatable bonds is 5. The zero-order chi connectivity index (χ0) is 17.0. The van der Waals surface area contributed by atoms with Crippen LogP contribution in [0.1, 0.15) is 25.8 Å². The fourth-order valence-electron chi connectivity index (χ4n) is 3.75. The van der Waals surface area contributed by atoms with E-state index in [1.165, 1.54) is 16.3 Å². The standard InChI is InChI=1S/C21H26N2O/c1-17(2)21(16-22,10-11-23-12-14-24-15-13-23)20-9-5-7-18-6-3-4-8-19(18)20/h3-9,17H,10-15H2,1-2H3. The summed E-state index contributed by atoms with van der Waals surface area (Å²) in [6.45, 7) is 8.82. The van der Waals surface area contributed by atoms with Gasteiger partial charge in [-0.3, -0.25) is 4.90 Å². The summed E-state index contributed by atoms with van der Waals surface area (Å²) >= 11 is 0. The molecule has 24 heavy (non-hydrogen) atoms. The monoisotopic (exact) mass is 322 g/mol. The Morgan fingerprint density at radius 3 is 2.54 bits per heavy atom. The van der Waals surface area contributed by atoms with E-state index in [1.54, 1.807) is 0 Å².